The average molecular weight is 514 g/mol. The average Bonchev–Trinajstić information content (AvgIpc) is 3.35. The standard InChI is InChI=1S/C22H22F2N4O2.C5H11NO/c1-13-6-8-14(9-7-13)26-22-28-27-21(30-22)17-11-10-15(12-19(17)24)25-20(29)16-4-2-3-5-18(16)23;1-6-2-4-7-5-3-6/h2-5,10-14H,6-9H2,1H3,(H,25,29)(H,26,28);2-5H2,1H3. The van der Waals surface area contributed by atoms with Crippen molar-refractivity contribution < 1.29 is 22.7 Å². The van der Waals surface area contributed by atoms with Gasteiger partial charge in [-0.3, -0.25) is 4.79 Å². The van der Waals surface area contributed by atoms with Crippen LogP contribution in [0, 0.1) is 17.6 Å². The van der Waals surface area contributed by atoms with Crippen molar-refractivity contribution in [2.75, 3.05) is 44.0 Å². The lowest BCUT2D eigenvalue weighted by atomic mass is 9.87. The van der Waals surface area contributed by atoms with Crippen LogP contribution in [0.5, 0.6) is 0 Å². The van der Waals surface area contributed by atoms with Crippen LogP contribution < -0.4 is 10.6 Å². The van der Waals surface area contributed by atoms with E-state index in [-0.39, 0.29) is 34.8 Å². The Morgan fingerprint density at radius 1 is 1.00 bits per heavy atom. The van der Waals surface area contributed by atoms with E-state index in [2.05, 4.69) is 39.7 Å². The van der Waals surface area contributed by atoms with Crippen molar-refractivity contribution in [2.45, 2.75) is 38.6 Å². The molecular formula is C27H33F2N5O3. The maximum absolute atomic E-state index is 14.6. The number of rotatable bonds is 5. The summed E-state index contributed by atoms with van der Waals surface area (Å²) in [5.74, 6) is -1.17. The Kier molecular flexibility index (Phi) is 9.19. The number of nitrogens with zero attached hydrogens (tertiary/aromatic N) is 3. The van der Waals surface area contributed by atoms with Gasteiger partial charge in [-0.05, 0) is 69.0 Å². The fourth-order valence-electron chi connectivity index (χ4n) is 4.23. The van der Waals surface area contributed by atoms with Crippen LogP contribution in [0.1, 0.15) is 43.0 Å². The zero-order valence-electron chi connectivity index (χ0n) is 21.2. The molecule has 1 aliphatic heterocycles. The Morgan fingerprint density at radius 3 is 2.38 bits per heavy atom. The number of carbonyl (C=O) groups is 1. The number of anilines is 2. The van der Waals surface area contributed by atoms with Gasteiger partial charge >= 0.3 is 6.01 Å². The summed E-state index contributed by atoms with van der Waals surface area (Å²) in [5.41, 5.74) is 0.196. The minimum Gasteiger partial charge on any atom is -0.403 e. The van der Waals surface area contributed by atoms with Crippen LogP contribution in [0.25, 0.3) is 11.5 Å². The molecule has 0 bridgehead atoms. The fraction of sp³-hybridized carbons (Fsp3) is 0.444. The van der Waals surface area contributed by atoms with Crippen LogP contribution in [0.15, 0.2) is 46.9 Å². The lowest BCUT2D eigenvalue weighted by Crippen LogP contribution is -2.32. The van der Waals surface area contributed by atoms with Gasteiger partial charge in [0.1, 0.15) is 11.6 Å². The molecule has 2 heterocycles. The summed E-state index contributed by atoms with van der Waals surface area (Å²) in [7, 11) is 2.11. The summed E-state index contributed by atoms with van der Waals surface area (Å²) in [6.07, 6.45) is 4.36. The molecule has 0 radical (unpaired) electrons. The largest absolute Gasteiger partial charge is 0.403 e. The third kappa shape index (κ3) is 7.56. The Balaban J connectivity index is 0.000000396. The first-order valence-corrected chi connectivity index (χ1v) is 12.6. The fourth-order valence-corrected chi connectivity index (χ4v) is 4.23. The highest BCUT2D eigenvalue weighted by atomic mass is 19.1. The van der Waals surface area contributed by atoms with Gasteiger partial charge < -0.3 is 24.7 Å². The quantitative estimate of drug-likeness (QED) is 0.484. The van der Waals surface area contributed by atoms with E-state index in [4.69, 9.17) is 9.15 Å². The number of aromatic nitrogens is 2. The van der Waals surface area contributed by atoms with E-state index in [1.54, 1.807) is 6.07 Å². The molecule has 1 aromatic heterocycles. The van der Waals surface area contributed by atoms with Crippen LogP contribution in [-0.4, -0.2) is 60.4 Å². The molecule has 2 aliphatic rings. The molecule has 1 saturated heterocycles. The van der Waals surface area contributed by atoms with E-state index in [1.807, 2.05) is 0 Å². The van der Waals surface area contributed by atoms with Crippen LogP contribution >= 0.6 is 0 Å². The van der Waals surface area contributed by atoms with E-state index in [9.17, 15) is 13.6 Å². The number of halogens is 2. The van der Waals surface area contributed by atoms with Gasteiger partial charge in [-0.25, -0.2) is 8.78 Å². The van der Waals surface area contributed by atoms with Crippen LogP contribution in [0.3, 0.4) is 0 Å². The van der Waals surface area contributed by atoms with E-state index in [0.717, 1.165) is 64.0 Å². The van der Waals surface area contributed by atoms with E-state index < -0.39 is 17.5 Å². The first-order chi connectivity index (χ1) is 17.9. The van der Waals surface area contributed by atoms with Crippen molar-refractivity contribution in [2.24, 2.45) is 5.92 Å². The number of likely N-dealkylation sites (N-methyl/N-ethyl adjacent to an activating group) is 1. The maximum Gasteiger partial charge on any atom is 0.315 e. The van der Waals surface area contributed by atoms with Crippen molar-refractivity contribution in [3.8, 4) is 11.5 Å². The number of nitrogens with one attached hydrogen (secondary N) is 2. The van der Waals surface area contributed by atoms with Crippen molar-refractivity contribution in [1.82, 2.24) is 15.1 Å². The van der Waals surface area contributed by atoms with E-state index in [1.165, 1.54) is 30.3 Å². The van der Waals surface area contributed by atoms with Gasteiger partial charge in [-0.15, -0.1) is 5.10 Å². The molecule has 198 valence electrons. The van der Waals surface area contributed by atoms with Crippen molar-refractivity contribution in [3.05, 3.63) is 59.7 Å². The number of amides is 1. The second kappa shape index (κ2) is 12.7. The topological polar surface area (TPSA) is 92.5 Å². The molecule has 1 saturated carbocycles. The Hall–Kier alpha value is -3.37. The normalized spacial score (nSPS) is 20.0. The molecule has 2 aromatic carbocycles. The third-order valence-electron chi connectivity index (χ3n) is 6.58. The van der Waals surface area contributed by atoms with Gasteiger partial charge in [0.05, 0.1) is 24.3 Å². The molecule has 2 N–H and O–H groups in total. The molecular weight excluding hydrogens is 480 g/mol. The minimum atomic E-state index is -0.661. The summed E-state index contributed by atoms with van der Waals surface area (Å²) in [4.78, 5) is 14.5. The molecule has 5 rings (SSSR count). The SMILES string of the molecule is CC1CCC(Nc2nnc(-c3ccc(NC(=O)c4ccccc4F)cc3F)o2)CC1.CN1CCOCC1. The number of carbonyl (C=O) groups excluding carboxylic acids is 1. The zero-order valence-corrected chi connectivity index (χ0v) is 21.2. The van der Waals surface area contributed by atoms with Crippen molar-refractivity contribution >= 4 is 17.6 Å². The van der Waals surface area contributed by atoms with E-state index in [0.29, 0.717) is 0 Å². The molecule has 2 fully saturated rings. The molecule has 10 heteroatoms. The van der Waals surface area contributed by atoms with Gasteiger partial charge in [0.25, 0.3) is 11.8 Å². The highest BCUT2D eigenvalue weighted by Gasteiger charge is 2.21. The van der Waals surface area contributed by atoms with Gasteiger partial charge in [-0.2, -0.15) is 0 Å². The summed E-state index contributed by atoms with van der Waals surface area (Å²) in [6.45, 7) is 6.26. The lowest BCUT2D eigenvalue weighted by molar-refractivity contribution is 0.0503. The van der Waals surface area contributed by atoms with Gasteiger partial charge in [0, 0.05) is 24.8 Å². The van der Waals surface area contributed by atoms with Gasteiger partial charge in [0.15, 0.2) is 0 Å². The third-order valence-corrected chi connectivity index (χ3v) is 6.58. The van der Waals surface area contributed by atoms with Gasteiger partial charge in [-0.1, -0.05) is 24.2 Å². The number of benzene rings is 2. The highest BCUT2D eigenvalue weighted by Crippen LogP contribution is 2.28. The predicted molar refractivity (Wildman–Crippen MR) is 137 cm³/mol. The zero-order chi connectivity index (χ0) is 26.2. The molecule has 1 aliphatic carbocycles. The summed E-state index contributed by atoms with van der Waals surface area (Å²) in [6, 6.07) is 10.2. The number of hydrogen-bond donors (Lipinski definition) is 2. The van der Waals surface area contributed by atoms with Gasteiger partial charge in [0.2, 0.25) is 0 Å². The highest BCUT2D eigenvalue weighted by molar-refractivity contribution is 6.04. The molecule has 1 amide bonds. The lowest BCUT2D eigenvalue weighted by Gasteiger charge is -2.25. The molecule has 0 unspecified atom stereocenters. The number of morpholine rings is 1. The van der Waals surface area contributed by atoms with Crippen LogP contribution in [-0.2, 0) is 4.74 Å². The second-order valence-electron chi connectivity index (χ2n) is 9.56. The second-order valence-corrected chi connectivity index (χ2v) is 9.56. The maximum atomic E-state index is 14.6. The van der Waals surface area contributed by atoms with Crippen molar-refractivity contribution in [3.63, 3.8) is 0 Å². The van der Waals surface area contributed by atoms with E-state index >= 15 is 0 Å². The molecule has 37 heavy (non-hydrogen) atoms. The van der Waals surface area contributed by atoms with Crippen LogP contribution in [0.2, 0.25) is 0 Å². The summed E-state index contributed by atoms with van der Waals surface area (Å²) in [5, 5.41) is 13.6. The molecule has 0 atom stereocenters. The Labute approximate surface area is 215 Å². The number of hydrogen-bond acceptors (Lipinski definition) is 7. The smallest absolute Gasteiger partial charge is 0.315 e. The Morgan fingerprint density at radius 2 is 1.73 bits per heavy atom. The first kappa shape index (κ1) is 26.7. The molecule has 0 spiro atoms. The minimum absolute atomic E-state index is 0.0474. The van der Waals surface area contributed by atoms with Crippen molar-refractivity contribution in [1.29, 1.82) is 0 Å². The molecule has 8 nitrogen and oxygen atoms in total. The molecule has 3 aromatic rings. The predicted octanol–water partition coefficient (Wildman–Crippen LogP) is 5.21. The summed E-state index contributed by atoms with van der Waals surface area (Å²) >= 11 is 0. The Bertz CT molecular complexity index is 1170. The first-order valence-electron chi connectivity index (χ1n) is 12.6. The van der Waals surface area contributed by atoms with Crippen LogP contribution in [0.4, 0.5) is 20.5 Å². The number of ether oxygens (including phenoxy) is 1. The monoisotopic (exact) mass is 513 g/mol. The summed E-state index contributed by atoms with van der Waals surface area (Å²) < 4.78 is 39.0.